The van der Waals surface area contributed by atoms with Crippen LogP contribution in [0.4, 0.5) is 9.93 Å². The average molecular weight is 554 g/mol. The molecule has 2 aromatic carbocycles. The standard InChI is InChI=1S/C29H32ClN3O4S/c1-5-36-26(34)25-23(13-17-8-6-9-18(12-17)19-10-7-11-20(30)14-19)31-27(38-25)33-15-21-22(16-33)24(21)32-28(35)37-29(2,3)4/h6-12,14,21-22,24H,5,13,15-16H2,1-4H3,(H,32,35)/t21-,22+,24-. The van der Waals surface area contributed by atoms with E-state index in [4.69, 9.17) is 26.1 Å². The van der Waals surface area contributed by atoms with Crippen LogP contribution in [0.1, 0.15) is 48.6 Å². The summed E-state index contributed by atoms with van der Waals surface area (Å²) in [6, 6.07) is 16.1. The first-order valence-electron chi connectivity index (χ1n) is 12.9. The van der Waals surface area contributed by atoms with Gasteiger partial charge in [0, 0.05) is 42.4 Å². The van der Waals surface area contributed by atoms with Gasteiger partial charge in [0.2, 0.25) is 0 Å². The second-order valence-corrected chi connectivity index (χ2v) is 12.2. The van der Waals surface area contributed by atoms with Gasteiger partial charge in [-0.1, -0.05) is 59.3 Å². The van der Waals surface area contributed by atoms with E-state index in [0.717, 1.165) is 40.6 Å². The van der Waals surface area contributed by atoms with Gasteiger partial charge in [-0.05, 0) is 56.5 Å². The summed E-state index contributed by atoms with van der Waals surface area (Å²) in [6.45, 7) is 9.25. The van der Waals surface area contributed by atoms with Gasteiger partial charge in [0.1, 0.15) is 10.5 Å². The summed E-state index contributed by atoms with van der Waals surface area (Å²) in [4.78, 5) is 32.6. The molecule has 2 heterocycles. The highest BCUT2D eigenvalue weighted by atomic mass is 35.5. The molecule has 0 unspecified atom stereocenters. The number of halogens is 1. The van der Waals surface area contributed by atoms with Crippen LogP contribution in [0, 0.1) is 11.8 Å². The van der Waals surface area contributed by atoms with Crippen LogP contribution in [0.5, 0.6) is 0 Å². The summed E-state index contributed by atoms with van der Waals surface area (Å²) < 4.78 is 10.8. The fourth-order valence-corrected chi connectivity index (χ4v) is 6.20. The van der Waals surface area contributed by atoms with Gasteiger partial charge in [-0.25, -0.2) is 14.6 Å². The van der Waals surface area contributed by atoms with E-state index in [1.807, 2.05) is 63.2 Å². The van der Waals surface area contributed by atoms with Gasteiger partial charge in [0.25, 0.3) is 0 Å². The number of alkyl carbamates (subject to hydrolysis) is 1. The summed E-state index contributed by atoms with van der Waals surface area (Å²) in [5, 5.41) is 4.51. The molecule has 2 aliphatic rings. The maximum absolute atomic E-state index is 12.8. The smallest absolute Gasteiger partial charge is 0.407 e. The maximum Gasteiger partial charge on any atom is 0.407 e. The van der Waals surface area contributed by atoms with Crippen LogP contribution in [0.25, 0.3) is 11.1 Å². The van der Waals surface area contributed by atoms with E-state index in [-0.39, 0.29) is 18.1 Å². The van der Waals surface area contributed by atoms with Crippen molar-refractivity contribution in [2.75, 3.05) is 24.6 Å². The monoisotopic (exact) mass is 553 g/mol. The van der Waals surface area contributed by atoms with Crippen molar-refractivity contribution in [2.45, 2.75) is 45.8 Å². The fourth-order valence-electron chi connectivity index (χ4n) is 5.01. The Labute approximate surface area is 232 Å². The molecular formula is C29H32ClN3O4S. The zero-order valence-corrected chi connectivity index (χ0v) is 23.6. The van der Waals surface area contributed by atoms with Gasteiger partial charge in [0.15, 0.2) is 5.13 Å². The molecule has 1 aliphatic carbocycles. The van der Waals surface area contributed by atoms with Crippen molar-refractivity contribution in [3.8, 4) is 11.1 Å². The number of benzene rings is 2. The third-order valence-electron chi connectivity index (χ3n) is 6.75. The third-order valence-corrected chi connectivity index (χ3v) is 8.12. The lowest BCUT2D eigenvalue weighted by Gasteiger charge is -2.22. The largest absolute Gasteiger partial charge is 0.462 e. The van der Waals surface area contributed by atoms with Crippen molar-refractivity contribution in [3.63, 3.8) is 0 Å². The minimum atomic E-state index is -0.519. The molecular weight excluding hydrogens is 522 g/mol. The van der Waals surface area contributed by atoms with Crippen LogP contribution < -0.4 is 10.2 Å². The molecule has 7 nitrogen and oxygen atoms in total. The molecule has 0 radical (unpaired) electrons. The lowest BCUT2D eigenvalue weighted by Crippen LogP contribution is -2.38. The van der Waals surface area contributed by atoms with Crippen LogP contribution in [-0.2, 0) is 15.9 Å². The summed E-state index contributed by atoms with van der Waals surface area (Å²) in [5.41, 5.74) is 3.34. The van der Waals surface area contributed by atoms with E-state index in [1.165, 1.54) is 11.3 Å². The summed E-state index contributed by atoms with van der Waals surface area (Å²) >= 11 is 7.58. The molecule has 1 amide bonds. The Balaban J connectivity index is 1.30. The van der Waals surface area contributed by atoms with E-state index >= 15 is 0 Å². The highest BCUT2D eigenvalue weighted by Crippen LogP contribution is 2.48. The van der Waals surface area contributed by atoms with E-state index in [1.54, 1.807) is 6.92 Å². The maximum atomic E-state index is 12.8. The van der Waals surface area contributed by atoms with Gasteiger partial charge >= 0.3 is 12.1 Å². The molecule has 1 saturated carbocycles. The Morgan fingerprint density at radius 1 is 1.11 bits per heavy atom. The molecule has 9 heteroatoms. The van der Waals surface area contributed by atoms with Crippen LogP contribution in [0.15, 0.2) is 48.5 Å². The van der Waals surface area contributed by atoms with Gasteiger partial charge in [-0.3, -0.25) is 0 Å². The summed E-state index contributed by atoms with van der Waals surface area (Å²) in [7, 11) is 0. The number of aromatic nitrogens is 1. The number of fused-ring (bicyclic) bond motifs is 1. The van der Waals surface area contributed by atoms with E-state index < -0.39 is 5.60 Å². The first kappa shape index (κ1) is 26.5. The number of ether oxygens (including phenoxy) is 2. The first-order valence-corrected chi connectivity index (χ1v) is 14.1. The molecule has 38 heavy (non-hydrogen) atoms. The van der Waals surface area contributed by atoms with E-state index in [0.29, 0.717) is 34.8 Å². The number of nitrogens with one attached hydrogen (secondary N) is 1. The highest BCUT2D eigenvalue weighted by Gasteiger charge is 2.57. The predicted molar refractivity (Wildman–Crippen MR) is 150 cm³/mol. The molecule has 0 bridgehead atoms. The molecule has 200 valence electrons. The molecule has 3 aromatic rings. The number of hydrogen-bond donors (Lipinski definition) is 1. The lowest BCUT2D eigenvalue weighted by atomic mass is 10.0. The number of carbonyl (C=O) groups is 2. The third kappa shape index (κ3) is 5.97. The van der Waals surface area contributed by atoms with Gasteiger partial charge in [-0.2, -0.15) is 0 Å². The quantitative estimate of drug-likeness (QED) is 0.351. The van der Waals surface area contributed by atoms with Crippen LogP contribution >= 0.6 is 22.9 Å². The van der Waals surface area contributed by atoms with E-state index in [2.05, 4.69) is 16.3 Å². The van der Waals surface area contributed by atoms with Crippen molar-refractivity contribution < 1.29 is 19.1 Å². The molecule has 0 spiro atoms. The molecule has 1 N–H and O–H groups in total. The number of carbonyl (C=O) groups excluding carboxylic acids is 2. The number of piperidine rings is 1. The zero-order chi connectivity index (χ0) is 27.0. The number of thiazole rings is 1. The number of amides is 1. The van der Waals surface area contributed by atoms with Gasteiger partial charge in [-0.15, -0.1) is 0 Å². The lowest BCUT2D eigenvalue weighted by molar-refractivity contribution is 0.0512. The Morgan fingerprint density at radius 3 is 2.45 bits per heavy atom. The second kappa shape index (κ2) is 10.6. The Hall–Kier alpha value is -3.10. The zero-order valence-electron chi connectivity index (χ0n) is 22.0. The topological polar surface area (TPSA) is 80.8 Å². The molecule has 5 rings (SSSR count). The number of nitrogens with zero attached hydrogens (tertiary/aromatic N) is 2. The first-order chi connectivity index (χ1) is 18.1. The highest BCUT2D eigenvalue weighted by molar-refractivity contribution is 7.17. The minimum absolute atomic E-state index is 0.124. The number of rotatable bonds is 7. The predicted octanol–water partition coefficient (Wildman–Crippen LogP) is 6.19. The van der Waals surface area contributed by atoms with Crippen LogP contribution in [0.2, 0.25) is 5.02 Å². The van der Waals surface area contributed by atoms with Crippen LogP contribution in [0.3, 0.4) is 0 Å². The van der Waals surface area contributed by atoms with Crippen molar-refractivity contribution >= 4 is 40.1 Å². The van der Waals surface area contributed by atoms with Crippen molar-refractivity contribution in [3.05, 3.63) is 69.7 Å². The van der Waals surface area contributed by atoms with E-state index in [9.17, 15) is 9.59 Å². The fraction of sp³-hybridized carbons (Fsp3) is 0.414. The molecule has 1 aliphatic heterocycles. The van der Waals surface area contributed by atoms with Gasteiger partial charge in [0.05, 0.1) is 12.3 Å². The Kier molecular flexibility index (Phi) is 7.38. The van der Waals surface area contributed by atoms with Gasteiger partial charge < -0.3 is 19.7 Å². The molecule has 1 aromatic heterocycles. The van der Waals surface area contributed by atoms with Crippen LogP contribution in [-0.4, -0.2) is 48.4 Å². The number of esters is 1. The minimum Gasteiger partial charge on any atom is -0.462 e. The summed E-state index contributed by atoms with van der Waals surface area (Å²) in [6.07, 6.45) is 0.146. The molecule has 1 saturated heterocycles. The molecule has 3 atom stereocenters. The van der Waals surface area contributed by atoms with Crippen molar-refractivity contribution in [1.82, 2.24) is 10.3 Å². The Bertz CT molecular complexity index is 1340. The average Bonchev–Trinajstić information content (AvgIpc) is 3.19. The van der Waals surface area contributed by atoms with Crippen molar-refractivity contribution in [1.29, 1.82) is 0 Å². The van der Waals surface area contributed by atoms with Crippen molar-refractivity contribution in [2.24, 2.45) is 11.8 Å². The normalized spacial score (nSPS) is 20.1. The molecule has 2 fully saturated rings. The second-order valence-electron chi connectivity index (χ2n) is 10.8. The number of hydrogen-bond acceptors (Lipinski definition) is 7. The SMILES string of the molecule is CCOC(=O)c1sc(N2C[C@@H]3[C@H](C2)[C@@H]3NC(=O)OC(C)(C)C)nc1Cc1cccc(-c2cccc(Cl)c2)c1. The number of anilines is 1. The summed E-state index contributed by atoms with van der Waals surface area (Å²) in [5.74, 6) is 0.372. The Morgan fingerprint density at radius 2 is 1.79 bits per heavy atom.